The molecule has 3 rings (SSSR count). The highest BCUT2D eigenvalue weighted by atomic mass is 32.1. The molecule has 0 radical (unpaired) electrons. The normalized spacial score (nSPS) is 17.3. The van der Waals surface area contributed by atoms with Crippen molar-refractivity contribution in [2.75, 3.05) is 0 Å². The molecule has 0 spiro atoms. The van der Waals surface area contributed by atoms with E-state index in [4.69, 9.17) is 5.11 Å². The number of rotatable bonds is 4. The van der Waals surface area contributed by atoms with Gasteiger partial charge in [0.2, 0.25) is 0 Å². The Balaban J connectivity index is 1.83. The molecule has 4 heteroatoms. The average Bonchev–Trinajstić information content (AvgIpc) is 3.05. The lowest BCUT2D eigenvalue weighted by molar-refractivity contribution is -0.132. The summed E-state index contributed by atoms with van der Waals surface area (Å²) >= 11 is 1.64. The maximum absolute atomic E-state index is 11.1. The van der Waals surface area contributed by atoms with Crippen molar-refractivity contribution < 1.29 is 9.90 Å². The minimum absolute atomic E-state index is 0.0554. The van der Waals surface area contributed by atoms with Crippen LogP contribution in [0.1, 0.15) is 42.7 Å². The zero-order valence-corrected chi connectivity index (χ0v) is 14.0. The van der Waals surface area contributed by atoms with Gasteiger partial charge < -0.3 is 5.11 Å². The van der Waals surface area contributed by atoms with E-state index in [2.05, 4.69) is 43.1 Å². The highest BCUT2D eigenvalue weighted by molar-refractivity contribution is 7.15. The number of carboxylic acids is 1. The number of hydrogen-bond acceptors (Lipinski definition) is 3. The van der Waals surface area contributed by atoms with E-state index in [9.17, 15) is 4.79 Å². The first-order valence-electron chi connectivity index (χ1n) is 7.72. The van der Waals surface area contributed by atoms with Crippen molar-refractivity contribution in [1.82, 2.24) is 4.98 Å². The van der Waals surface area contributed by atoms with Crippen LogP contribution in [0, 0.1) is 0 Å². The lowest BCUT2D eigenvalue weighted by atomic mass is 9.97. The van der Waals surface area contributed by atoms with Gasteiger partial charge in [-0.1, -0.05) is 56.3 Å². The molecule has 0 amide bonds. The minimum Gasteiger partial charge on any atom is -0.478 e. The third-order valence-corrected chi connectivity index (χ3v) is 5.20. The van der Waals surface area contributed by atoms with Gasteiger partial charge in [0.15, 0.2) is 0 Å². The number of aliphatic carboxylic acids is 1. The molecular formula is C19H19NO2S. The van der Waals surface area contributed by atoms with E-state index < -0.39 is 5.97 Å². The molecule has 1 aromatic carbocycles. The third-order valence-electron chi connectivity index (χ3n) is 4.02. The Kier molecular flexibility index (Phi) is 4.44. The molecule has 1 heterocycles. The average molecular weight is 325 g/mol. The highest BCUT2D eigenvalue weighted by Crippen LogP contribution is 2.34. The summed E-state index contributed by atoms with van der Waals surface area (Å²) in [4.78, 5) is 16.7. The number of carboxylic acid groups (broad SMARTS) is 1. The van der Waals surface area contributed by atoms with E-state index in [0.717, 1.165) is 21.9 Å². The van der Waals surface area contributed by atoms with Crippen molar-refractivity contribution in [3.05, 3.63) is 64.8 Å². The van der Waals surface area contributed by atoms with Gasteiger partial charge in [-0.25, -0.2) is 9.78 Å². The molecule has 23 heavy (non-hydrogen) atoms. The maximum atomic E-state index is 11.1. The Hall–Kier alpha value is -2.20. The summed E-state index contributed by atoms with van der Waals surface area (Å²) in [6.07, 6.45) is 8.06. The van der Waals surface area contributed by atoms with Gasteiger partial charge in [0.25, 0.3) is 0 Å². The molecule has 1 aromatic heterocycles. The molecule has 0 aliphatic heterocycles. The number of benzene rings is 1. The molecule has 0 saturated heterocycles. The van der Waals surface area contributed by atoms with Crippen molar-refractivity contribution in [3.63, 3.8) is 0 Å². The fourth-order valence-corrected chi connectivity index (χ4v) is 3.63. The van der Waals surface area contributed by atoms with Crippen LogP contribution in [-0.4, -0.2) is 16.1 Å². The van der Waals surface area contributed by atoms with E-state index >= 15 is 0 Å². The van der Waals surface area contributed by atoms with Gasteiger partial charge in [-0.15, -0.1) is 11.3 Å². The second-order valence-corrected chi connectivity index (χ2v) is 7.07. The molecule has 0 fully saturated rings. The van der Waals surface area contributed by atoms with Gasteiger partial charge in [0, 0.05) is 12.1 Å². The Morgan fingerprint density at radius 2 is 2.04 bits per heavy atom. The van der Waals surface area contributed by atoms with Crippen LogP contribution in [0.15, 0.2) is 54.3 Å². The van der Waals surface area contributed by atoms with Crippen LogP contribution >= 0.6 is 11.3 Å². The monoisotopic (exact) mass is 325 g/mol. The zero-order valence-electron chi connectivity index (χ0n) is 13.2. The Bertz CT molecular complexity index is 769. The third kappa shape index (κ3) is 3.42. The summed E-state index contributed by atoms with van der Waals surface area (Å²) < 4.78 is 0. The van der Waals surface area contributed by atoms with Crippen LogP contribution in [0.3, 0.4) is 0 Å². The van der Waals surface area contributed by atoms with Crippen molar-refractivity contribution in [1.29, 1.82) is 0 Å². The lowest BCUT2D eigenvalue weighted by Gasteiger charge is -2.12. The summed E-state index contributed by atoms with van der Waals surface area (Å²) in [5.74, 6) is -0.304. The summed E-state index contributed by atoms with van der Waals surface area (Å²) in [7, 11) is 0. The van der Waals surface area contributed by atoms with Crippen LogP contribution < -0.4 is 0 Å². The number of nitrogens with zero attached hydrogens (tertiary/aromatic N) is 1. The number of hydrogen-bond donors (Lipinski definition) is 1. The van der Waals surface area contributed by atoms with Crippen molar-refractivity contribution in [2.45, 2.75) is 32.1 Å². The van der Waals surface area contributed by atoms with Gasteiger partial charge in [-0.2, -0.15) is 0 Å². The van der Waals surface area contributed by atoms with Crippen molar-refractivity contribution >= 4 is 17.3 Å². The fraction of sp³-hybridized carbons (Fsp3) is 0.263. The number of aromatic nitrogens is 1. The van der Waals surface area contributed by atoms with Crippen LogP contribution in [0.5, 0.6) is 0 Å². The molecule has 3 nitrogen and oxygen atoms in total. The fourth-order valence-electron chi connectivity index (χ4n) is 2.62. The molecule has 0 bridgehead atoms. The molecule has 1 aliphatic rings. The van der Waals surface area contributed by atoms with E-state index in [-0.39, 0.29) is 5.92 Å². The Morgan fingerprint density at radius 3 is 2.70 bits per heavy atom. The first-order valence-corrected chi connectivity index (χ1v) is 8.54. The quantitative estimate of drug-likeness (QED) is 0.861. The van der Waals surface area contributed by atoms with E-state index in [1.165, 1.54) is 5.56 Å². The highest BCUT2D eigenvalue weighted by Gasteiger charge is 2.18. The lowest BCUT2D eigenvalue weighted by Crippen LogP contribution is -2.05. The van der Waals surface area contributed by atoms with Gasteiger partial charge in [-0.05, 0) is 23.5 Å². The smallest absolute Gasteiger partial charge is 0.335 e. The predicted molar refractivity (Wildman–Crippen MR) is 93.9 cm³/mol. The molecule has 1 aliphatic carbocycles. The standard InChI is InChI=1S/C19H19NO2S/c1-12(2)13-6-8-14(9-7-13)17-11-20-18(23-17)15-4-3-5-16(10-15)19(21)22/h3,5-12,15H,4H2,1-2H3,(H,21,22). The van der Waals surface area contributed by atoms with Crippen LogP contribution in [0.4, 0.5) is 0 Å². The SMILES string of the molecule is CC(C)c1ccc(-c2cnc(C3C=C(C(=O)O)C=CC3)s2)cc1. The summed E-state index contributed by atoms with van der Waals surface area (Å²) in [6.45, 7) is 4.37. The van der Waals surface area contributed by atoms with Gasteiger partial charge in [0.05, 0.1) is 10.5 Å². The molecule has 2 aromatic rings. The molecule has 1 N–H and O–H groups in total. The van der Waals surface area contributed by atoms with Gasteiger partial charge in [0.1, 0.15) is 5.01 Å². The zero-order chi connectivity index (χ0) is 16.4. The Morgan fingerprint density at radius 1 is 1.30 bits per heavy atom. The molecule has 118 valence electrons. The second kappa shape index (κ2) is 6.50. The maximum Gasteiger partial charge on any atom is 0.335 e. The van der Waals surface area contributed by atoms with Gasteiger partial charge in [-0.3, -0.25) is 0 Å². The van der Waals surface area contributed by atoms with Crippen LogP contribution in [0.25, 0.3) is 10.4 Å². The van der Waals surface area contributed by atoms with Crippen molar-refractivity contribution in [3.8, 4) is 10.4 Å². The predicted octanol–water partition coefficient (Wildman–Crippen LogP) is 4.99. The van der Waals surface area contributed by atoms with Crippen LogP contribution in [0.2, 0.25) is 0 Å². The van der Waals surface area contributed by atoms with Crippen molar-refractivity contribution in [2.24, 2.45) is 0 Å². The van der Waals surface area contributed by atoms with E-state index in [1.807, 2.05) is 12.3 Å². The summed E-state index contributed by atoms with van der Waals surface area (Å²) in [5, 5.41) is 10.1. The molecule has 1 unspecified atom stereocenters. The largest absolute Gasteiger partial charge is 0.478 e. The number of thiazole rings is 1. The topological polar surface area (TPSA) is 50.2 Å². The van der Waals surface area contributed by atoms with E-state index in [0.29, 0.717) is 11.5 Å². The van der Waals surface area contributed by atoms with Gasteiger partial charge >= 0.3 is 5.97 Å². The van der Waals surface area contributed by atoms with Crippen LogP contribution in [-0.2, 0) is 4.79 Å². The second-order valence-electron chi connectivity index (χ2n) is 6.01. The summed E-state index contributed by atoms with van der Waals surface area (Å²) in [6, 6.07) is 8.58. The first-order chi connectivity index (χ1) is 11.0. The summed E-state index contributed by atoms with van der Waals surface area (Å²) in [5.41, 5.74) is 2.83. The first kappa shape index (κ1) is 15.7. The number of allylic oxidation sites excluding steroid dienone is 2. The Labute approximate surface area is 140 Å². The minimum atomic E-state index is -0.882. The number of carbonyl (C=O) groups is 1. The molecular weight excluding hydrogens is 306 g/mol. The molecule has 0 saturated carbocycles. The molecule has 1 atom stereocenters. The van der Waals surface area contributed by atoms with E-state index in [1.54, 1.807) is 23.5 Å².